The van der Waals surface area contributed by atoms with Gasteiger partial charge in [-0.2, -0.15) is 0 Å². The van der Waals surface area contributed by atoms with Crippen LogP contribution in [0.2, 0.25) is 0 Å². The molecule has 0 fully saturated rings. The van der Waals surface area contributed by atoms with E-state index in [1.165, 1.54) is 19.3 Å². The Morgan fingerprint density at radius 3 is 3.15 bits per heavy atom. The lowest BCUT2D eigenvalue weighted by molar-refractivity contribution is -0.134. The molecule has 0 aliphatic heterocycles. The van der Waals surface area contributed by atoms with Gasteiger partial charge < -0.3 is 4.74 Å². The fourth-order valence-corrected chi connectivity index (χ4v) is 1.07. The number of hydrogen-bond donors (Lipinski definition) is 0. The molecule has 0 spiro atoms. The molecule has 0 bridgehead atoms. The first kappa shape index (κ1) is 9.71. The number of carbonyl (C=O) groups excluding carboxylic acids is 1. The average Bonchev–Trinajstić information content (AvgIpc) is 2.14. The highest BCUT2D eigenvalue weighted by molar-refractivity contribution is 5.81. The third-order valence-electron chi connectivity index (χ3n) is 1.75. The summed E-state index contributed by atoms with van der Waals surface area (Å²) in [6, 6.07) is 0. The van der Waals surface area contributed by atoms with E-state index in [1.807, 2.05) is 6.08 Å². The Balaban J connectivity index is 2.48. The molecule has 1 aliphatic carbocycles. The molecule has 1 atom stereocenters. The zero-order valence-corrected chi connectivity index (χ0v) is 7.37. The fourth-order valence-electron chi connectivity index (χ4n) is 1.07. The van der Waals surface area contributed by atoms with Crippen LogP contribution in [0.1, 0.15) is 6.42 Å². The molecule has 1 aliphatic rings. The summed E-state index contributed by atoms with van der Waals surface area (Å²) in [5, 5.41) is 0. The van der Waals surface area contributed by atoms with Gasteiger partial charge in [0, 0.05) is 18.4 Å². The van der Waals surface area contributed by atoms with Crippen molar-refractivity contribution in [2.75, 3.05) is 7.11 Å². The van der Waals surface area contributed by atoms with Crippen molar-refractivity contribution in [3.05, 3.63) is 36.2 Å². The summed E-state index contributed by atoms with van der Waals surface area (Å²) in [5.74, 6) is -0.616. The van der Waals surface area contributed by atoms with Gasteiger partial charge >= 0.3 is 5.97 Å². The van der Waals surface area contributed by atoms with Gasteiger partial charge in [0.1, 0.15) is 5.83 Å². The molecule has 0 aromatic rings. The predicted octanol–water partition coefficient (Wildman–Crippen LogP) is 2.15. The van der Waals surface area contributed by atoms with Gasteiger partial charge in [-0.15, -0.1) is 0 Å². The SMILES string of the molecule is COC(=O)C=CC1C=CC=C(F)C1. The summed E-state index contributed by atoms with van der Waals surface area (Å²) in [4.78, 5) is 10.7. The highest BCUT2D eigenvalue weighted by Crippen LogP contribution is 2.20. The first-order valence-corrected chi connectivity index (χ1v) is 4.01. The maximum absolute atomic E-state index is 12.7. The van der Waals surface area contributed by atoms with Crippen LogP contribution in [-0.4, -0.2) is 13.1 Å². The highest BCUT2D eigenvalue weighted by Gasteiger charge is 2.07. The van der Waals surface area contributed by atoms with Crippen molar-refractivity contribution >= 4 is 5.97 Å². The molecule has 0 saturated heterocycles. The number of halogens is 1. The molecule has 3 heteroatoms. The van der Waals surface area contributed by atoms with Crippen molar-refractivity contribution < 1.29 is 13.9 Å². The van der Waals surface area contributed by atoms with Gasteiger partial charge in [0.25, 0.3) is 0 Å². The largest absolute Gasteiger partial charge is 0.466 e. The number of carbonyl (C=O) groups is 1. The summed E-state index contributed by atoms with van der Waals surface area (Å²) in [6.07, 6.45) is 8.17. The molecule has 1 unspecified atom stereocenters. The Morgan fingerprint density at radius 2 is 2.54 bits per heavy atom. The van der Waals surface area contributed by atoms with Crippen LogP contribution in [0.25, 0.3) is 0 Å². The lowest BCUT2D eigenvalue weighted by Crippen LogP contribution is -1.99. The molecule has 0 aromatic carbocycles. The predicted molar refractivity (Wildman–Crippen MR) is 47.6 cm³/mol. The maximum atomic E-state index is 12.7. The third kappa shape index (κ3) is 3.23. The second-order valence-corrected chi connectivity index (χ2v) is 2.75. The average molecular weight is 182 g/mol. The second-order valence-electron chi connectivity index (χ2n) is 2.75. The van der Waals surface area contributed by atoms with Crippen LogP contribution >= 0.6 is 0 Å². The van der Waals surface area contributed by atoms with E-state index < -0.39 is 5.97 Å². The Bertz CT molecular complexity index is 277. The zero-order chi connectivity index (χ0) is 9.68. The molecule has 13 heavy (non-hydrogen) atoms. The number of hydrogen-bond acceptors (Lipinski definition) is 2. The first-order chi connectivity index (χ1) is 6.22. The minimum atomic E-state index is -0.414. The van der Waals surface area contributed by atoms with Crippen molar-refractivity contribution in [2.45, 2.75) is 6.42 Å². The van der Waals surface area contributed by atoms with Crippen LogP contribution in [0.15, 0.2) is 36.2 Å². The van der Waals surface area contributed by atoms with Crippen molar-refractivity contribution in [1.82, 2.24) is 0 Å². The molecule has 0 N–H and O–H groups in total. The van der Waals surface area contributed by atoms with Gasteiger partial charge in [0.2, 0.25) is 0 Å². The smallest absolute Gasteiger partial charge is 0.330 e. The van der Waals surface area contributed by atoms with E-state index in [-0.39, 0.29) is 11.7 Å². The lowest BCUT2D eigenvalue weighted by Gasteiger charge is -2.08. The highest BCUT2D eigenvalue weighted by atomic mass is 19.1. The van der Waals surface area contributed by atoms with Crippen molar-refractivity contribution in [3.63, 3.8) is 0 Å². The number of methoxy groups -OCH3 is 1. The summed E-state index contributed by atoms with van der Waals surface area (Å²) in [6.45, 7) is 0. The van der Waals surface area contributed by atoms with Gasteiger partial charge in [-0.3, -0.25) is 0 Å². The molecule has 1 rings (SSSR count). The third-order valence-corrected chi connectivity index (χ3v) is 1.75. The van der Waals surface area contributed by atoms with Gasteiger partial charge in [0.15, 0.2) is 0 Å². The van der Waals surface area contributed by atoms with Crippen LogP contribution in [0.4, 0.5) is 4.39 Å². The second kappa shape index (κ2) is 4.60. The van der Waals surface area contributed by atoms with Gasteiger partial charge in [-0.1, -0.05) is 18.2 Å². The van der Waals surface area contributed by atoms with Crippen LogP contribution in [-0.2, 0) is 9.53 Å². The van der Waals surface area contributed by atoms with E-state index in [4.69, 9.17) is 0 Å². The van der Waals surface area contributed by atoms with Crippen LogP contribution in [0.5, 0.6) is 0 Å². The molecule has 70 valence electrons. The molecule has 2 nitrogen and oxygen atoms in total. The van der Waals surface area contributed by atoms with E-state index in [1.54, 1.807) is 12.2 Å². The van der Waals surface area contributed by atoms with Crippen molar-refractivity contribution in [2.24, 2.45) is 5.92 Å². The van der Waals surface area contributed by atoms with E-state index in [0.29, 0.717) is 6.42 Å². The zero-order valence-electron chi connectivity index (χ0n) is 7.37. The summed E-state index contributed by atoms with van der Waals surface area (Å²) in [7, 11) is 1.31. The Morgan fingerprint density at radius 1 is 1.77 bits per heavy atom. The van der Waals surface area contributed by atoms with Gasteiger partial charge in [-0.25, -0.2) is 9.18 Å². The van der Waals surface area contributed by atoms with Crippen molar-refractivity contribution in [1.29, 1.82) is 0 Å². The first-order valence-electron chi connectivity index (χ1n) is 4.01. The summed E-state index contributed by atoms with van der Waals surface area (Å²) >= 11 is 0. The molecule has 0 radical (unpaired) electrons. The molecule has 0 amide bonds. The molecule has 0 aromatic heterocycles. The van der Waals surface area contributed by atoms with E-state index in [9.17, 15) is 9.18 Å². The van der Waals surface area contributed by atoms with Crippen LogP contribution < -0.4 is 0 Å². The molecule has 0 heterocycles. The Kier molecular flexibility index (Phi) is 3.43. The monoisotopic (exact) mass is 182 g/mol. The lowest BCUT2D eigenvalue weighted by atomic mass is 10.00. The Hall–Kier alpha value is -1.38. The number of allylic oxidation sites excluding steroid dienone is 5. The number of rotatable bonds is 2. The molecular formula is C10H11FO2. The topological polar surface area (TPSA) is 26.3 Å². The van der Waals surface area contributed by atoms with Gasteiger partial charge in [0.05, 0.1) is 7.11 Å². The van der Waals surface area contributed by atoms with E-state index in [2.05, 4.69) is 4.74 Å². The summed E-state index contributed by atoms with van der Waals surface area (Å²) in [5.41, 5.74) is 0. The quantitative estimate of drug-likeness (QED) is 0.483. The molecular weight excluding hydrogens is 171 g/mol. The van der Waals surface area contributed by atoms with E-state index in [0.717, 1.165) is 0 Å². The standard InChI is InChI=1S/C10H11FO2/c1-13-10(12)6-5-8-3-2-4-9(11)7-8/h2-6,8H,7H2,1H3. The van der Waals surface area contributed by atoms with Crippen molar-refractivity contribution in [3.8, 4) is 0 Å². The molecule has 0 saturated carbocycles. The maximum Gasteiger partial charge on any atom is 0.330 e. The van der Waals surface area contributed by atoms with Gasteiger partial charge in [-0.05, 0) is 6.08 Å². The minimum Gasteiger partial charge on any atom is -0.466 e. The fraction of sp³-hybridized carbons (Fsp3) is 0.300. The normalized spacial score (nSPS) is 21.7. The number of ether oxygens (including phenoxy) is 1. The van der Waals surface area contributed by atoms with Crippen LogP contribution in [0.3, 0.4) is 0 Å². The Labute approximate surface area is 76.4 Å². The minimum absolute atomic E-state index is 0.0379. The van der Waals surface area contributed by atoms with Crippen LogP contribution in [0, 0.1) is 5.92 Å². The van der Waals surface area contributed by atoms with E-state index >= 15 is 0 Å². The summed E-state index contributed by atoms with van der Waals surface area (Å²) < 4.78 is 17.1. The number of esters is 1.